The molecule has 0 bridgehead atoms. The summed E-state index contributed by atoms with van der Waals surface area (Å²) in [5.74, 6) is 0.681. The van der Waals surface area contributed by atoms with Gasteiger partial charge in [-0.15, -0.1) is 0 Å². The van der Waals surface area contributed by atoms with Gasteiger partial charge in [0.05, 0.1) is 5.75 Å². The molecule has 0 spiro atoms. The number of carbonyl (C=O) groups excluding carboxylic acids is 1. The second-order valence-electron chi connectivity index (χ2n) is 5.46. The van der Waals surface area contributed by atoms with Gasteiger partial charge in [-0.3, -0.25) is 0 Å². The molecule has 6 heteroatoms. The molecule has 2 amide bonds. The normalized spacial score (nSPS) is 27.9. The summed E-state index contributed by atoms with van der Waals surface area (Å²) in [4.78, 5) is 14.0. The summed E-state index contributed by atoms with van der Waals surface area (Å²) in [6.07, 6.45) is 7.04. The summed E-state index contributed by atoms with van der Waals surface area (Å²) in [6.45, 7) is 1.03. The molecule has 0 aromatic heterocycles. The predicted octanol–water partition coefficient (Wildman–Crippen LogP) is 1.01. The molecule has 0 radical (unpaired) electrons. The van der Waals surface area contributed by atoms with Crippen molar-refractivity contribution in [1.29, 1.82) is 0 Å². The number of nitrogens with one attached hydrogen (secondary N) is 1. The van der Waals surface area contributed by atoms with Crippen molar-refractivity contribution in [1.82, 2.24) is 10.2 Å². The Balaban J connectivity index is 1.84. The monoisotopic (exact) mass is 274 g/mol. The lowest BCUT2D eigenvalue weighted by atomic mass is 9.92. The number of hydrogen-bond donors (Lipinski definition) is 1. The molecular formula is C12H22N2O3S. The van der Waals surface area contributed by atoms with Crippen molar-refractivity contribution >= 4 is 15.9 Å². The van der Waals surface area contributed by atoms with Gasteiger partial charge in [-0.2, -0.15) is 0 Å². The number of piperidine rings is 1. The van der Waals surface area contributed by atoms with Crippen LogP contribution in [0.1, 0.15) is 32.1 Å². The average molecular weight is 274 g/mol. The van der Waals surface area contributed by atoms with Gasteiger partial charge in [-0.1, -0.05) is 6.42 Å². The second kappa shape index (κ2) is 5.47. The van der Waals surface area contributed by atoms with Gasteiger partial charge in [0.25, 0.3) is 0 Å². The number of fused-ring (bicyclic) bond motifs is 1. The lowest BCUT2D eigenvalue weighted by Gasteiger charge is -2.37. The topological polar surface area (TPSA) is 66.5 Å². The molecule has 0 unspecified atom stereocenters. The quantitative estimate of drug-likeness (QED) is 0.835. The molecule has 0 aromatic carbocycles. The molecule has 18 heavy (non-hydrogen) atoms. The number of carbonyl (C=O) groups is 1. The highest BCUT2D eigenvalue weighted by atomic mass is 32.2. The Morgan fingerprint density at radius 3 is 2.72 bits per heavy atom. The van der Waals surface area contributed by atoms with Crippen LogP contribution in [0.4, 0.5) is 4.79 Å². The first-order valence-electron chi connectivity index (χ1n) is 6.69. The van der Waals surface area contributed by atoms with Gasteiger partial charge in [0, 0.05) is 25.4 Å². The minimum atomic E-state index is -3.00. The fraction of sp³-hybridized carbons (Fsp3) is 0.917. The van der Waals surface area contributed by atoms with Gasteiger partial charge < -0.3 is 10.2 Å². The van der Waals surface area contributed by atoms with E-state index in [1.165, 1.54) is 25.5 Å². The minimum absolute atomic E-state index is 0.0146. The third kappa shape index (κ3) is 3.37. The van der Waals surface area contributed by atoms with Crippen molar-refractivity contribution in [3.05, 3.63) is 0 Å². The fourth-order valence-corrected chi connectivity index (χ4v) is 3.62. The average Bonchev–Trinajstić information content (AvgIpc) is 2.74. The molecule has 0 aromatic rings. The van der Waals surface area contributed by atoms with Crippen LogP contribution in [0.3, 0.4) is 0 Å². The van der Waals surface area contributed by atoms with E-state index < -0.39 is 9.84 Å². The van der Waals surface area contributed by atoms with Gasteiger partial charge in [-0.05, 0) is 31.6 Å². The summed E-state index contributed by atoms with van der Waals surface area (Å²) in [5, 5.41) is 2.73. The van der Waals surface area contributed by atoms with Crippen LogP contribution in [-0.4, -0.2) is 50.5 Å². The number of urea groups is 1. The molecular weight excluding hydrogens is 252 g/mol. The van der Waals surface area contributed by atoms with Crippen LogP contribution in [0.5, 0.6) is 0 Å². The van der Waals surface area contributed by atoms with E-state index in [-0.39, 0.29) is 18.3 Å². The van der Waals surface area contributed by atoms with E-state index in [4.69, 9.17) is 0 Å². The van der Waals surface area contributed by atoms with E-state index in [1.807, 2.05) is 4.90 Å². The molecule has 1 heterocycles. The van der Waals surface area contributed by atoms with Crippen molar-refractivity contribution in [3.63, 3.8) is 0 Å². The van der Waals surface area contributed by atoms with Crippen molar-refractivity contribution in [3.8, 4) is 0 Å². The number of nitrogens with zero attached hydrogens (tertiary/aromatic N) is 1. The van der Waals surface area contributed by atoms with Gasteiger partial charge in [-0.25, -0.2) is 13.2 Å². The highest BCUT2D eigenvalue weighted by Gasteiger charge is 2.37. The zero-order chi connectivity index (χ0) is 13.2. The molecule has 2 aliphatic rings. The van der Waals surface area contributed by atoms with Crippen molar-refractivity contribution in [2.24, 2.45) is 5.92 Å². The first-order chi connectivity index (χ1) is 8.47. The van der Waals surface area contributed by atoms with Crippen LogP contribution < -0.4 is 5.32 Å². The van der Waals surface area contributed by atoms with Crippen LogP contribution in [0.2, 0.25) is 0 Å². The zero-order valence-corrected chi connectivity index (χ0v) is 11.7. The lowest BCUT2D eigenvalue weighted by molar-refractivity contribution is 0.129. The number of rotatable bonds is 3. The van der Waals surface area contributed by atoms with E-state index in [0.29, 0.717) is 12.0 Å². The van der Waals surface area contributed by atoms with E-state index in [0.717, 1.165) is 19.4 Å². The SMILES string of the molecule is CS(=O)(=O)CCNC(=O)N1CCC[C@H]2CCC[C@@H]21. The summed E-state index contributed by atoms with van der Waals surface area (Å²) < 4.78 is 22.0. The number of hydrogen-bond acceptors (Lipinski definition) is 3. The number of sulfone groups is 1. The zero-order valence-electron chi connectivity index (χ0n) is 10.9. The largest absolute Gasteiger partial charge is 0.337 e. The first kappa shape index (κ1) is 13.6. The van der Waals surface area contributed by atoms with Crippen molar-refractivity contribution in [2.45, 2.75) is 38.1 Å². The number of amides is 2. The van der Waals surface area contributed by atoms with E-state index in [1.54, 1.807) is 0 Å². The van der Waals surface area contributed by atoms with Crippen molar-refractivity contribution in [2.75, 3.05) is 25.1 Å². The molecule has 1 saturated heterocycles. The molecule has 104 valence electrons. The third-order valence-corrected chi connectivity index (χ3v) is 4.95. The molecule has 1 aliphatic heterocycles. The highest BCUT2D eigenvalue weighted by Crippen LogP contribution is 2.36. The van der Waals surface area contributed by atoms with Crippen LogP contribution in [0.15, 0.2) is 0 Å². The molecule has 2 atom stereocenters. The Morgan fingerprint density at radius 1 is 1.28 bits per heavy atom. The minimum Gasteiger partial charge on any atom is -0.337 e. The van der Waals surface area contributed by atoms with Gasteiger partial charge in [0.15, 0.2) is 0 Å². The molecule has 5 nitrogen and oxygen atoms in total. The van der Waals surface area contributed by atoms with Crippen LogP contribution >= 0.6 is 0 Å². The van der Waals surface area contributed by atoms with Gasteiger partial charge in [0.2, 0.25) is 0 Å². The first-order valence-corrected chi connectivity index (χ1v) is 8.75. The van der Waals surface area contributed by atoms with E-state index >= 15 is 0 Å². The Morgan fingerprint density at radius 2 is 2.00 bits per heavy atom. The van der Waals surface area contributed by atoms with E-state index in [9.17, 15) is 13.2 Å². The van der Waals surface area contributed by atoms with E-state index in [2.05, 4.69) is 5.32 Å². The Bertz CT molecular complexity index is 408. The lowest BCUT2D eigenvalue weighted by Crippen LogP contribution is -2.51. The van der Waals surface area contributed by atoms with Gasteiger partial charge in [0.1, 0.15) is 9.84 Å². The van der Waals surface area contributed by atoms with Gasteiger partial charge >= 0.3 is 6.03 Å². The van der Waals surface area contributed by atoms with Crippen molar-refractivity contribution < 1.29 is 13.2 Å². The molecule has 1 N–H and O–H groups in total. The maximum atomic E-state index is 12.0. The second-order valence-corrected chi connectivity index (χ2v) is 7.72. The Hall–Kier alpha value is -0.780. The standard InChI is InChI=1S/C12H22N2O3S/c1-18(16,17)9-7-13-12(15)14-8-3-5-10-4-2-6-11(10)14/h10-11H,2-9H2,1H3,(H,13,15)/t10-,11+/m1/s1. The predicted molar refractivity (Wildman–Crippen MR) is 70.2 cm³/mol. The summed E-state index contributed by atoms with van der Waals surface area (Å²) in [5.41, 5.74) is 0. The summed E-state index contributed by atoms with van der Waals surface area (Å²) in [7, 11) is -3.00. The fourth-order valence-electron chi connectivity index (χ4n) is 3.15. The summed E-state index contributed by atoms with van der Waals surface area (Å²) >= 11 is 0. The Labute approximate surface area is 109 Å². The molecule has 1 saturated carbocycles. The van der Waals surface area contributed by atoms with Crippen LogP contribution in [0.25, 0.3) is 0 Å². The molecule has 2 rings (SSSR count). The summed E-state index contributed by atoms with van der Waals surface area (Å²) in [6, 6.07) is 0.298. The third-order valence-electron chi connectivity index (χ3n) is 4.00. The smallest absolute Gasteiger partial charge is 0.317 e. The Kier molecular flexibility index (Phi) is 4.14. The van der Waals surface area contributed by atoms with Crippen LogP contribution in [0, 0.1) is 5.92 Å². The molecule has 1 aliphatic carbocycles. The molecule has 2 fully saturated rings. The highest BCUT2D eigenvalue weighted by molar-refractivity contribution is 7.90. The van der Waals surface area contributed by atoms with Crippen LogP contribution in [-0.2, 0) is 9.84 Å². The number of likely N-dealkylation sites (tertiary alicyclic amines) is 1. The maximum absolute atomic E-state index is 12.0. The maximum Gasteiger partial charge on any atom is 0.317 e.